The Labute approximate surface area is 81.1 Å². The molecule has 4 nitrogen and oxygen atoms in total. The molecule has 1 heterocycles. The second-order valence-corrected chi connectivity index (χ2v) is 3.06. The van der Waals surface area contributed by atoms with Crippen molar-refractivity contribution in [3.8, 4) is 0 Å². The minimum Gasteiger partial charge on any atom is -0.465 e. The van der Waals surface area contributed by atoms with Crippen LogP contribution in [0.4, 0.5) is 0 Å². The van der Waals surface area contributed by atoms with Crippen molar-refractivity contribution in [1.82, 2.24) is 0 Å². The summed E-state index contributed by atoms with van der Waals surface area (Å²) in [5, 5.41) is 0. The molecule has 0 aliphatic carbocycles. The molecule has 0 aromatic heterocycles. The normalized spacial score (nSPS) is 27.1. The van der Waals surface area contributed by atoms with E-state index < -0.39 is 17.9 Å². The van der Waals surface area contributed by atoms with Crippen LogP contribution in [0.1, 0.15) is 13.3 Å². The van der Waals surface area contributed by atoms with E-state index in [1.165, 1.54) is 0 Å². The van der Waals surface area contributed by atoms with E-state index in [0.717, 1.165) is 0 Å². The SMILES string of the molecule is CCOC(=O)C1CC(CCl)OC1=O. The number of alkyl halides is 1. The summed E-state index contributed by atoms with van der Waals surface area (Å²) in [6, 6.07) is 0. The van der Waals surface area contributed by atoms with E-state index in [1.807, 2.05) is 0 Å². The van der Waals surface area contributed by atoms with Gasteiger partial charge in [-0.05, 0) is 6.92 Å². The quantitative estimate of drug-likeness (QED) is 0.388. The molecule has 0 saturated carbocycles. The Morgan fingerprint density at radius 3 is 2.92 bits per heavy atom. The zero-order valence-corrected chi connectivity index (χ0v) is 8.04. The predicted octanol–water partition coefficient (Wildman–Crippen LogP) is 0.720. The van der Waals surface area contributed by atoms with E-state index in [4.69, 9.17) is 21.1 Å². The van der Waals surface area contributed by atoms with Gasteiger partial charge in [0, 0.05) is 6.42 Å². The lowest BCUT2D eigenvalue weighted by Crippen LogP contribution is -2.21. The minimum absolute atomic E-state index is 0.224. The van der Waals surface area contributed by atoms with E-state index >= 15 is 0 Å². The molecule has 74 valence electrons. The summed E-state index contributed by atoms with van der Waals surface area (Å²) in [5.41, 5.74) is 0. The van der Waals surface area contributed by atoms with Crippen molar-refractivity contribution in [1.29, 1.82) is 0 Å². The Hall–Kier alpha value is -0.770. The van der Waals surface area contributed by atoms with Gasteiger partial charge in [-0.15, -0.1) is 11.6 Å². The number of carbonyl (C=O) groups excluding carboxylic acids is 2. The fourth-order valence-corrected chi connectivity index (χ4v) is 1.37. The summed E-state index contributed by atoms with van der Waals surface area (Å²) in [6.07, 6.45) is -0.00942. The molecule has 1 aliphatic heterocycles. The Morgan fingerprint density at radius 1 is 1.77 bits per heavy atom. The Bertz CT molecular complexity index is 216. The van der Waals surface area contributed by atoms with Crippen LogP contribution in [0.25, 0.3) is 0 Å². The van der Waals surface area contributed by atoms with Crippen molar-refractivity contribution in [2.45, 2.75) is 19.4 Å². The molecule has 0 N–H and O–H groups in total. The average Bonchev–Trinajstić information content (AvgIpc) is 2.47. The van der Waals surface area contributed by atoms with Gasteiger partial charge in [-0.1, -0.05) is 0 Å². The highest BCUT2D eigenvalue weighted by Gasteiger charge is 2.40. The molecule has 0 radical (unpaired) electrons. The monoisotopic (exact) mass is 206 g/mol. The van der Waals surface area contributed by atoms with E-state index in [9.17, 15) is 9.59 Å². The first-order valence-corrected chi connectivity index (χ1v) is 4.65. The second-order valence-electron chi connectivity index (χ2n) is 2.75. The summed E-state index contributed by atoms with van der Waals surface area (Å²) in [6.45, 7) is 1.96. The molecular weight excluding hydrogens is 196 g/mol. The van der Waals surface area contributed by atoms with Gasteiger partial charge >= 0.3 is 11.9 Å². The maximum Gasteiger partial charge on any atom is 0.320 e. The highest BCUT2D eigenvalue weighted by Crippen LogP contribution is 2.23. The molecule has 1 rings (SSSR count). The molecule has 1 saturated heterocycles. The van der Waals surface area contributed by atoms with Crippen molar-refractivity contribution in [3.05, 3.63) is 0 Å². The predicted molar refractivity (Wildman–Crippen MR) is 45.3 cm³/mol. The summed E-state index contributed by atoms with van der Waals surface area (Å²) in [4.78, 5) is 22.2. The second kappa shape index (κ2) is 4.46. The number of esters is 2. The molecule has 13 heavy (non-hydrogen) atoms. The van der Waals surface area contributed by atoms with Gasteiger partial charge < -0.3 is 9.47 Å². The van der Waals surface area contributed by atoms with Crippen molar-refractivity contribution < 1.29 is 19.1 Å². The highest BCUT2D eigenvalue weighted by atomic mass is 35.5. The first kappa shape index (κ1) is 10.3. The van der Waals surface area contributed by atoms with Crippen LogP contribution in [0.2, 0.25) is 0 Å². The van der Waals surface area contributed by atoms with Crippen molar-refractivity contribution in [2.24, 2.45) is 5.92 Å². The molecule has 2 atom stereocenters. The van der Waals surface area contributed by atoms with Crippen LogP contribution in [-0.4, -0.2) is 30.5 Å². The highest BCUT2D eigenvalue weighted by molar-refractivity contribution is 6.18. The smallest absolute Gasteiger partial charge is 0.320 e. The zero-order valence-electron chi connectivity index (χ0n) is 7.29. The molecule has 1 fully saturated rings. The number of ether oxygens (including phenoxy) is 2. The van der Waals surface area contributed by atoms with Crippen molar-refractivity contribution in [2.75, 3.05) is 12.5 Å². The summed E-state index contributed by atoms with van der Waals surface area (Å²) < 4.78 is 9.53. The minimum atomic E-state index is -0.774. The van der Waals surface area contributed by atoms with Crippen LogP contribution in [-0.2, 0) is 19.1 Å². The average molecular weight is 207 g/mol. The number of halogens is 1. The van der Waals surface area contributed by atoms with Crippen LogP contribution < -0.4 is 0 Å². The number of hydrogen-bond acceptors (Lipinski definition) is 4. The molecule has 0 aromatic carbocycles. The first-order valence-electron chi connectivity index (χ1n) is 4.12. The van der Waals surface area contributed by atoms with Crippen LogP contribution in [0.15, 0.2) is 0 Å². The summed E-state index contributed by atoms with van der Waals surface area (Å²) in [7, 11) is 0. The lowest BCUT2D eigenvalue weighted by molar-refractivity contribution is -0.156. The number of rotatable bonds is 3. The van der Waals surface area contributed by atoms with Gasteiger partial charge in [-0.3, -0.25) is 9.59 Å². The van der Waals surface area contributed by atoms with Gasteiger partial charge in [-0.2, -0.15) is 0 Å². The molecule has 5 heteroatoms. The third kappa shape index (κ3) is 2.34. The van der Waals surface area contributed by atoms with E-state index in [-0.39, 0.29) is 18.6 Å². The van der Waals surface area contributed by atoms with Crippen LogP contribution in [0.5, 0.6) is 0 Å². The van der Waals surface area contributed by atoms with Crippen molar-refractivity contribution in [3.63, 3.8) is 0 Å². The fourth-order valence-electron chi connectivity index (χ4n) is 1.18. The molecule has 2 unspecified atom stereocenters. The van der Waals surface area contributed by atoms with E-state index in [2.05, 4.69) is 0 Å². The van der Waals surface area contributed by atoms with Crippen LogP contribution >= 0.6 is 11.6 Å². The third-order valence-corrected chi connectivity index (χ3v) is 2.15. The Kier molecular flexibility index (Phi) is 3.54. The molecule has 0 spiro atoms. The largest absolute Gasteiger partial charge is 0.465 e. The van der Waals surface area contributed by atoms with Gasteiger partial charge in [-0.25, -0.2) is 0 Å². The zero-order chi connectivity index (χ0) is 9.84. The van der Waals surface area contributed by atoms with Crippen molar-refractivity contribution >= 4 is 23.5 Å². The molecule has 1 aliphatic rings. The fraction of sp³-hybridized carbons (Fsp3) is 0.750. The van der Waals surface area contributed by atoms with Crippen LogP contribution in [0, 0.1) is 5.92 Å². The van der Waals surface area contributed by atoms with Gasteiger partial charge in [0.15, 0.2) is 5.92 Å². The van der Waals surface area contributed by atoms with Gasteiger partial charge in [0.2, 0.25) is 0 Å². The van der Waals surface area contributed by atoms with E-state index in [0.29, 0.717) is 6.42 Å². The summed E-state index contributed by atoms with van der Waals surface area (Å²) >= 11 is 5.49. The lowest BCUT2D eigenvalue weighted by Gasteiger charge is -2.03. The first-order chi connectivity index (χ1) is 6.19. The Morgan fingerprint density at radius 2 is 2.46 bits per heavy atom. The van der Waals surface area contributed by atoms with Crippen LogP contribution in [0.3, 0.4) is 0 Å². The topological polar surface area (TPSA) is 52.6 Å². The summed E-state index contributed by atoms with van der Waals surface area (Å²) in [5.74, 6) is -1.59. The molecule has 0 amide bonds. The maximum atomic E-state index is 11.2. The number of hydrogen-bond donors (Lipinski definition) is 0. The molecular formula is C8H11ClO4. The van der Waals surface area contributed by atoms with E-state index in [1.54, 1.807) is 6.92 Å². The third-order valence-electron chi connectivity index (χ3n) is 1.81. The lowest BCUT2D eigenvalue weighted by atomic mass is 10.1. The number of cyclic esters (lactones) is 1. The Balaban J connectivity index is 2.52. The standard InChI is InChI=1S/C8H11ClO4/c1-2-12-7(10)6-3-5(4-9)13-8(6)11/h5-6H,2-4H2,1H3. The number of carbonyl (C=O) groups is 2. The van der Waals surface area contributed by atoms with Gasteiger partial charge in [0.05, 0.1) is 12.5 Å². The molecule has 0 aromatic rings. The molecule has 0 bridgehead atoms. The van der Waals surface area contributed by atoms with Gasteiger partial charge in [0.1, 0.15) is 6.10 Å². The van der Waals surface area contributed by atoms with Gasteiger partial charge in [0.25, 0.3) is 0 Å². The maximum absolute atomic E-state index is 11.2.